The van der Waals surface area contributed by atoms with Crippen LogP contribution in [0.3, 0.4) is 0 Å². The van der Waals surface area contributed by atoms with Crippen molar-refractivity contribution < 1.29 is 13.5 Å². The van der Waals surface area contributed by atoms with Gasteiger partial charge in [-0.2, -0.15) is 4.98 Å². The molecule has 1 aromatic heterocycles. The van der Waals surface area contributed by atoms with Gasteiger partial charge in [-0.15, -0.1) is 0 Å². The Hall–Kier alpha value is -1.39. The van der Waals surface area contributed by atoms with Crippen molar-refractivity contribution in [1.29, 1.82) is 0 Å². The Kier molecular flexibility index (Phi) is 4.33. The third-order valence-electron chi connectivity index (χ3n) is 3.17. The van der Waals surface area contributed by atoms with Gasteiger partial charge in [0.25, 0.3) is 5.88 Å². The minimum absolute atomic E-state index is 0.0420. The fourth-order valence-electron chi connectivity index (χ4n) is 2.22. The first-order chi connectivity index (χ1) is 8.70. The third-order valence-corrected chi connectivity index (χ3v) is 3.17. The highest BCUT2D eigenvalue weighted by Gasteiger charge is 2.18. The Morgan fingerprint density at radius 1 is 1.33 bits per heavy atom. The molecule has 0 spiro atoms. The van der Waals surface area contributed by atoms with Gasteiger partial charge in [0.2, 0.25) is 0 Å². The topological polar surface area (TPSA) is 34.2 Å². The molecule has 0 atom stereocenters. The summed E-state index contributed by atoms with van der Waals surface area (Å²) in [6.45, 7) is 2.81. The molecule has 0 bridgehead atoms. The molecule has 1 heterocycles. The van der Waals surface area contributed by atoms with Crippen LogP contribution in [-0.4, -0.2) is 18.1 Å². The van der Waals surface area contributed by atoms with Crippen molar-refractivity contribution in [2.75, 3.05) is 18.5 Å². The minimum atomic E-state index is -0.743. The van der Waals surface area contributed by atoms with Gasteiger partial charge in [-0.25, -0.2) is 8.78 Å². The van der Waals surface area contributed by atoms with Crippen molar-refractivity contribution >= 4 is 5.82 Å². The van der Waals surface area contributed by atoms with E-state index in [-0.39, 0.29) is 11.7 Å². The summed E-state index contributed by atoms with van der Waals surface area (Å²) < 4.78 is 32.2. The van der Waals surface area contributed by atoms with Gasteiger partial charge in [0.15, 0.2) is 17.5 Å². The Morgan fingerprint density at radius 3 is 2.72 bits per heavy atom. The van der Waals surface area contributed by atoms with Crippen LogP contribution < -0.4 is 10.1 Å². The number of hydrogen-bond acceptors (Lipinski definition) is 3. The van der Waals surface area contributed by atoms with Crippen LogP contribution in [0.5, 0.6) is 5.88 Å². The summed E-state index contributed by atoms with van der Waals surface area (Å²) in [5.41, 5.74) is 0. The number of pyridine rings is 1. The lowest BCUT2D eigenvalue weighted by Crippen LogP contribution is -2.11. The number of ether oxygens (including phenoxy) is 1. The Labute approximate surface area is 106 Å². The van der Waals surface area contributed by atoms with Crippen LogP contribution in [0.2, 0.25) is 0 Å². The molecule has 0 aromatic carbocycles. The lowest BCUT2D eigenvalue weighted by molar-refractivity contribution is 0.232. The van der Waals surface area contributed by atoms with Gasteiger partial charge in [0.05, 0.1) is 6.61 Å². The van der Waals surface area contributed by atoms with Crippen molar-refractivity contribution in [2.24, 2.45) is 5.92 Å². The summed E-state index contributed by atoms with van der Waals surface area (Å²) in [7, 11) is 0. The summed E-state index contributed by atoms with van der Waals surface area (Å²) in [6, 6.07) is 0.814. The van der Waals surface area contributed by atoms with E-state index in [9.17, 15) is 8.78 Å². The second-order valence-corrected chi connectivity index (χ2v) is 4.60. The second kappa shape index (κ2) is 5.98. The average Bonchev–Trinajstić information content (AvgIpc) is 2.84. The average molecular weight is 256 g/mol. The summed E-state index contributed by atoms with van der Waals surface area (Å²) in [5.74, 6) is -1.03. The molecule has 0 aliphatic heterocycles. The number of rotatable bonds is 5. The molecule has 0 saturated heterocycles. The molecule has 1 aliphatic carbocycles. The number of aromatic nitrogens is 1. The molecule has 18 heavy (non-hydrogen) atoms. The van der Waals surface area contributed by atoms with Crippen LogP contribution >= 0.6 is 0 Å². The first-order valence-corrected chi connectivity index (χ1v) is 6.43. The summed E-state index contributed by atoms with van der Waals surface area (Å²) in [4.78, 5) is 3.84. The summed E-state index contributed by atoms with van der Waals surface area (Å²) in [5, 5.41) is 2.74. The van der Waals surface area contributed by atoms with Gasteiger partial charge in [-0.3, -0.25) is 0 Å². The predicted octanol–water partition coefficient (Wildman–Crippen LogP) is 3.36. The molecule has 1 fully saturated rings. The van der Waals surface area contributed by atoms with Crippen molar-refractivity contribution in [3.63, 3.8) is 0 Å². The number of nitrogens with one attached hydrogen (secondary N) is 1. The molecule has 3 nitrogen and oxygen atoms in total. The maximum absolute atomic E-state index is 13.5. The largest absolute Gasteiger partial charge is 0.475 e. The van der Waals surface area contributed by atoms with Crippen molar-refractivity contribution in [1.82, 2.24) is 4.98 Å². The monoisotopic (exact) mass is 256 g/mol. The number of hydrogen-bond donors (Lipinski definition) is 1. The normalized spacial score (nSPS) is 15.9. The van der Waals surface area contributed by atoms with E-state index in [2.05, 4.69) is 10.3 Å². The zero-order valence-corrected chi connectivity index (χ0v) is 10.5. The summed E-state index contributed by atoms with van der Waals surface area (Å²) >= 11 is 0. The predicted molar refractivity (Wildman–Crippen MR) is 65.8 cm³/mol. The van der Waals surface area contributed by atoms with Gasteiger partial charge in [-0.1, -0.05) is 12.8 Å². The second-order valence-electron chi connectivity index (χ2n) is 4.60. The Bertz CT molecular complexity index is 406. The summed E-state index contributed by atoms with van der Waals surface area (Å²) in [6.07, 6.45) is 4.64. The zero-order valence-electron chi connectivity index (χ0n) is 10.5. The third kappa shape index (κ3) is 3.09. The van der Waals surface area contributed by atoms with Crippen molar-refractivity contribution in [2.45, 2.75) is 32.6 Å². The standard InChI is InChI=1S/C13H18F2N2O/c1-2-16-12-10(14)7-11(15)13(17-12)18-8-9-5-3-4-6-9/h7,9H,2-6,8H2,1H3,(H,16,17). The van der Waals surface area contributed by atoms with Gasteiger partial charge in [0, 0.05) is 12.6 Å². The molecule has 100 valence electrons. The van der Waals surface area contributed by atoms with Gasteiger partial charge < -0.3 is 10.1 Å². The quantitative estimate of drug-likeness (QED) is 0.877. The molecule has 1 N–H and O–H groups in total. The van der Waals surface area contributed by atoms with E-state index in [0.717, 1.165) is 18.9 Å². The maximum atomic E-state index is 13.5. The van der Waals surface area contributed by atoms with Crippen LogP contribution in [0, 0.1) is 17.6 Å². The molecule has 2 rings (SSSR count). The lowest BCUT2D eigenvalue weighted by Gasteiger charge is -2.12. The Morgan fingerprint density at radius 2 is 2.06 bits per heavy atom. The molecular formula is C13H18F2N2O. The highest BCUT2D eigenvalue weighted by Crippen LogP contribution is 2.27. The van der Waals surface area contributed by atoms with E-state index in [1.54, 1.807) is 0 Å². The molecule has 1 saturated carbocycles. The van der Waals surface area contributed by atoms with E-state index in [1.165, 1.54) is 12.8 Å². The maximum Gasteiger partial charge on any atom is 0.252 e. The minimum Gasteiger partial charge on any atom is -0.475 e. The first kappa shape index (κ1) is 13.1. The number of halogens is 2. The van der Waals surface area contributed by atoms with Crippen LogP contribution in [0.25, 0.3) is 0 Å². The van der Waals surface area contributed by atoms with Crippen LogP contribution in [0.15, 0.2) is 6.07 Å². The lowest BCUT2D eigenvalue weighted by atomic mass is 10.1. The SMILES string of the molecule is CCNc1nc(OCC2CCCC2)c(F)cc1F. The molecule has 1 aromatic rings. The van der Waals surface area contributed by atoms with Crippen LogP contribution in [-0.2, 0) is 0 Å². The molecular weight excluding hydrogens is 238 g/mol. The molecule has 1 aliphatic rings. The van der Waals surface area contributed by atoms with Crippen LogP contribution in [0.1, 0.15) is 32.6 Å². The van der Waals surface area contributed by atoms with E-state index in [1.807, 2.05) is 6.92 Å². The molecule has 0 amide bonds. The number of nitrogens with zero attached hydrogens (tertiary/aromatic N) is 1. The molecule has 0 unspecified atom stereocenters. The van der Waals surface area contributed by atoms with E-state index >= 15 is 0 Å². The highest BCUT2D eigenvalue weighted by molar-refractivity contribution is 5.39. The number of anilines is 1. The Balaban J connectivity index is 2.03. The first-order valence-electron chi connectivity index (χ1n) is 6.43. The van der Waals surface area contributed by atoms with Crippen molar-refractivity contribution in [3.05, 3.63) is 17.7 Å². The zero-order chi connectivity index (χ0) is 13.0. The fraction of sp³-hybridized carbons (Fsp3) is 0.615. The van der Waals surface area contributed by atoms with Gasteiger partial charge in [0.1, 0.15) is 0 Å². The van der Waals surface area contributed by atoms with E-state index < -0.39 is 11.6 Å². The van der Waals surface area contributed by atoms with Crippen molar-refractivity contribution in [3.8, 4) is 5.88 Å². The van der Waals surface area contributed by atoms with E-state index in [0.29, 0.717) is 19.1 Å². The smallest absolute Gasteiger partial charge is 0.252 e. The molecule has 5 heteroatoms. The van der Waals surface area contributed by atoms with Gasteiger partial charge in [-0.05, 0) is 25.7 Å². The van der Waals surface area contributed by atoms with E-state index in [4.69, 9.17) is 4.74 Å². The van der Waals surface area contributed by atoms with Crippen LogP contribution in [0.4, 0.5) is 14.6 Å². The van der Waals surface area contributed by atoms with Gasteiger partial charge >= 0.3 is 0 Å². The molecule has 0 radical (unpaired) electrons. The fourth-order valence-corrected chi connectivity index (χ4v) is 2.22. The highest BCUT2D eigenvalue weighted by atomic mass is 19.1.